The van der Waals surface area contributed by atoms with Crippen LogP contribution in [-0.4, -0.2) is 78.5 Å². The van der Waals surface area contributed by atoms with Crippen molar-refractivity contribution in [2.75, 3.05) is 46.2 Å². The molecule has 3 aliphatic rings. The summed E-state index contributed by atoms with van der Waals surface area (Å²) >= 11 is 0. The molecule has 1 spiro atoms. The summed E-state index contributed by atoms with van der Waals surface area (Å²) in [5.41, 5.74) is 4.36. The molecule has 1 atom stereocenters. The first-order valence-corrected chi connectivity index (χ1v) is 14.5. The number of carbonyl (C=O) groups is 2. The van der Waals surface area contributed by atoms with Crippen LogP contribution >= 0.6 is 0 Å². The maximum absolute atomic E-state index is 14.6. The van der Waals surface area contributed by atoms with Gasteiger partial charge in [-0.25, -0.2) is 4.39 Å². The number of methoxy groups -OCH3 is 1. The number of para-hydroxylation sites is 1. The molecule has 9 nitrogen and oxygen atoms in total. The topological polar surface area (TPSA) is 103 Å². The number of nitrogens with zero attached hydrogens (tertiary/aromatic N) is 3. The maximum Gasteiger partial charge on any atom is 0.255 e. The fraction of sp³-hybridized carbons (Fsp3) is 0.364. The number of hydrogen-bond donors (Lipinski definition) is 3. The standard InChI is InChI=1S/C33H35FN6O3/c1-39(2)17-5-8-27(41)40-20-33(13-14-33)18-22(40)10-9-21-19-35-15-11-23(21)29-30(28-25(37-29)12-16-36-32(28)42)38-26-7-4-6-24(34)31(26)43-3/h4-8,11,15,19,22,37-38H,12-14,16-18,20H2,1-3H3,(H,36,42)/b8-5+/t22-/m0/s1. The van der Waals surface area contributed by atoms with Crippen molar-refractivity contribution in [1.29, 1.82) is 0 Å². The SMILES string of the molecule is COc1c(F)cccc1Nc1c(-c2ccncc2C#C[C@H]2CC3(CC3)CN2C(=O)/C=C/CN(C)C)[nH]c2c1C(=O)NCC2. The largest absolute Gasteiger partial charge is 0.492 e. The Morgan fingerprint density at radius 3 is 2.93 bits per heavy atom. The van der Waals surface area contributed by atoms with Gasteiger partial charge in [-0.1, -0.05) is 24.0 Å². The number of halogens is 1. The Labute approximate surface area is 250 Å². The van der Waals surface area contributed by atoms with E-state index in [2.05, 4.69) is 32.4 Å². The molecule has 2 aromatic heterocycles. The van der Waals surface area contributed by atoms with Crippen LogP contribution in [0.5, 0.6) is 5.75 Å². The lowest BCUT2D eigenvalue weighted by Gasteiger charge is -2.19. The van der Waals surface area contributed by atoms with E-state index in [4.69, 9.17) is 4.74 Å². The van der Waals surface area contributed by atoms with Gasteiger partial charge in [0.15, 0.2) is 11.6 Å². The number of H-pyrrole nitrogens is 1. The van der Waals surface area contributed by atoms with Crippen molar-refractivity contribution < 1.29 is 18.7 Å². The zero-order valence-corrected chi connectivity index (χ0v) is 24.6. The van der Waals surface area contributed by atoms with Crippen molar-refractivity contribution in [3.05, 3.63) is 71.4 Å². The van der Waals surface area contributed by atoms with Crippen LogP contribution in [0.1, 0.15) is 40.9 Å². The molecule has 2 fully saturated rings. The van der Waals surface area contributed by atoms with E-state index in [-0.39, 0.29) is 29.0 Å². The first-order chi connectivity index (χ1) is 20.8. The predicted molar refractivity (Wildman–Crippen MR) is 163 cm³/mol. The first-order valence-electron chi connectivity index (χ1n) is 14.5. The Morgan fingerprint density at radius 1 is 1.33 bits per heavy atom. The normalized spacial score (nSPS) is 18.4. The summed E-state index contributed by atoms with van der Waals surface area (Å²) in [6, 6.07) is 6.24. The highest BCUT2D eigenvalue weighted by Gasteiger charge is 2.52. The number of rotatable bonds is 7. The molecule has 4 heterocycles. The molecule has 2 amide bonds. The molecule has 3 N–H and O–H groups in total. The van der Waals surface area contributed by atoms with E-state index >= 15 is 0 Å². The molecule has 0 bridgehead atoms. The number of likely N-dealkylation sites (tertiary alicyclic amines) is 1. The zero-order chi connectivity index (χ0) is 30.1. The van der Waals surface area contributed by atoms with Gasteiger partial charge in [-0.3, -0.25) is 14.6 Å². The third-order valence-corrected chi connectivity index (χ3v) is 8.34. The van der Waals surface area contributed by atoms with Gasteiger partial charge in [0.05, 0.1) is 41.3 Å². The van der Waals surface area contributed by atoms with Gasteiger partial charge in [0.25, 0.3) is 5.91 Å². The third-order valence-electron chi connectivity index (χ3n) is 8.34. The van der Waals surface area contributed by atoms with Crippen molar-refractivity contribution in [2.45, 2.75) is 31.7 Å². The first kappa shape index (κ1) is 28.5. The predicted octanol–water partition coefficient (Wildman–Crippen LogP) is 4.10. The lowest BCUT2D eigenvalue weighted by molar-refractivity contribution is -0.126. The minimum absolute atomic E-state index is 0.0186. The number of amides is 2. The quantitative estimate of drug-likeness (QED) is 0.286. The Morgan fingerprint density at radius 2 is 2.16 bits per heavy atom. The third kappa shape index (κ3) is 5.73. The van der Waals surface area contributed by atoms with E-state index in [0.29, 0.717) is 47.7 Å². The Kier molecular flexibility index (Phi) is 7.67. The Hall–Kier alpha value is -4.62. The second-order valence-corrected chi connectivity index (χ2v) is 11.7. The molecule has 222 valence electrons. The lowest BCUT2D eigenvalue weighted by atomic mass is 10.0. The number of anilines is 2. The van der Waals surface area contributed by atoms with E-state index in [9.17, 15) is 14.0 Å². The summed E-state index contributed by atoms with van der Waals surface area (Å²) < 4.78 is 19.9. The van der Waals surface area contributed by atoms with E-state index in [1.165, 1.54) is 13.2 Å². The zero-order valence-electron chi connectivity index (χ0n) is 24.6. The molecule has 43 heavy (non-hydrogen) atoms. The number of ether oxygens (including phenoxy) is 1. The number of aromatic amines is 1. The second kappa shape index (κ2) is 11.6. The molecule has 1 aromatic carbocycles. The second-order valence-electron chi connectivity index (χ2n) is 11.7. The summed E-state index contributed by atoms with van der Waals surface area (Å²) in [4.78, 5) is 37.9. The average Bonchev–Trinajstić information content (AvgIpc) is 3.49. The fourth-order valence-corrected chi connectivity index (χ4v) is 5.94. The smallest absolute Gasteiger partial charge is 0.255 e. The summed E-state index contributed by atoms with van der Waals surface area (Å²) in [6.45, 7) is 1.92. The Balaban J connectivity index is 1.37. The van der Waals surface area contributed by atoms with Crippen molar-refractivity contribution >= 4 is 23.2 Å². The molecule has 10 heteroatoms. The molecule has 1 aliphatic carbocycles. The fourth-order valence-electron chi connectivity index (χ4n) is 5.94. The molecule has 1 saturated heterocycles. The number of benzene rings is 1. The van der Waals surface area contributed by atoms with Crippen LogP contribution in [0.4, 0.5) is 15.8 Å². The molecule has 6 rings (SSSR count). The molecule has 2 aliphatic heterocycles. The molecular formula is C33H35FN6O3. The highest BCUT2D eigenvalue weighted by molar-refractivity contribution is 6.06. The Bertz CT molecular complexity index is 1660. The number of pyridine rings is 1. The minimum Gasteiger partial charge on any atom is -0.492 e. The number of nitrogens with one attached hydrogen (secondary N) is 3. The van der Waals surface area contributed by atoms with Gasteiger partial charge in [-0.15, -0.1) is 0 Å². The molecular weight excluding hydrogens is 547 g/mol. The average molecular weight is 583 g/mol. The van der Waals surface area contributed by atoms with E-state index in [1.54, 1.807) is 30.6 Å². The summed E-state index contributed by atoms with van der Waals surface area (Å²) in [6.07, 6.45) is 10.6. The molecule has 1 saturated carbocycles. The maximum atomic E-state index is 14.6. The van der Waals surface area contributed by atoms with Crippen LogP contribution < -0.4 is 15.4 Å². The van der Waals surface area contributed by atoms with Crippen molar-refractivity contribution in [1.82, 2.24) is 25.1 Å². The van der Waals surface area contributed by atoms with Crippen molar-refractivity contribution in [2.24, 2.45) is 5.41 Å². The van der Waals surface area contributed by atoms with Crippen LogP contribution in [0.15, 0.2) is 48.8 Å². The molecule has 3 aromatic rings. The van der Waals surface area contributed by atoms with Crippen LogP contribution in [0, 0.1) is 23.1 Å². The van der Waals surface area contributed by atoms with E-state index in [1.807, 2.05) is 36.0 Å². The monoisotopic (exact) mass is 582 g/mol. The summed E-state index contributed by atoms with van der Waals surface area (Å²) in [5.74, 6) is 6.00. The van der Waals surface area contributed by atoms with Crippen LogP contribution in [0.25, 0.3) is 11.3 Å². The van der Waals surface area contributed by atoms with Crippen LogP contribution in [0.3, 0.4) is 0 Å². The number of aromatic nitrogens is 2. The van der Waals surface area contributed by atoms with Gasteiger partial charge >= 0.3 is 0 Å². The highest BCUT2D eigenvalue weighted by Crippen LogP contribution is 2.54. The van der Waals surface area contributed by atoms with Gasteiger partial charge in [0.1, 0.15) is 0 Å². The molecule has 0 unspecified atom stereocenters. The highest BCUT2D eigenvalue weighted by atomic mass is 19.1. The van der Waals surface area contributed by atoms with Crippen LogP contribution in [0.2, 0.25) is 0 Å². The number of fused-ring (bicyclic) bond motifs is 1. The van der Waals surface area contributed by atoms with Gasteiger partial charge < -0.3 is 30.2 Å². The lowest BCUT2D eigenvalue weighted by Crippen LogP contribution is -2.34. The number of likely N-dealkylation sites (N-methyl/N-ethyl adjacent to an activating group) is 1. The van der Waals surface area contributed by atoms with Gasteiger partial charge in [0, 0.05) is 55.8 Å². The van der Waals surface area contributed by atoms with Crippen molar-refractivity contribution in [3.63, 3.8) is 0 Å². The van der Waals surface area contributed by atoms with Gasteiger partial charge in [-0.05, 0) is 57.0 Å². The van der Waals surface area contributed by atoms with Crippen molar-refractivity contribution in [3.8, 4) is 28.8 Å². The molecule has 0 radical (unpaired) electrons. The van der Waals surface area contributed by atoms with Gasteiger partial charge in [0.2, 0.25) is 5.91 Å². The minimum atomic E-state index is -0.515. The van der Waals surface area contributed by atoms with E-state index < -0.39 is 5.82 Å². The van der Waals surface area contributed by atoms with E-state index in [0.717, 1.165) is 37.1 Å². The number of carbonyl (C=O) groups excluding carboxylic acids is 2. The summed E-state index contributed by atoms with van der Waals surface area (Å²) in [7, 11) is 5.33. The summed E-state index contributed by atoms with van der Waals surface area (Å²) in [5, 5.41) is 6.18. The van der Waals surface area contributed by atoms with Crippen LogP contribution in [-0.2, 0) is 11.2 Å². The van der Waals surface area contributed by atoms with Gasteiger partial charge in [-0.2, -0.15) is 0 Å². The number of hydrogen-bond acceptors (Lipinski definition) is 6.